The number of nitrogens with zero attached hydrogens (tertiary/aromatic N) is 2. The van der Waals surface area contributed by atoms with Crippen molar-refractivity contribution in [2.24, 2.45) is 0 Å². The highest BCUT2D eigenvalue weighted by atomic mass is 16.4. The molecular formula is C41H24N2O2. The fourth-order valence-corrected chi connectivity index (χ4v) is 6.92. The number of hydrogen-bond donors (Lipinski definition) is 0. The lowest BCUT2D eigenvalue weighted by Gasteiger charge is -2.09. The summed E-state index contributed by atoms with van der Waals surface area (Å²) in [4.78, 5) is 5.11. The molecule has 0 aliphatic rings. The average Bonchev–Trinajstić information content (AvgIpc) is 3.79. The lowest BCUT2D eigenvalue weighted by atomic mass is 10.0. The fourth-order valence-electron chi connectivity index (χ4n) is 6.92. The predicted molar refractivity (Wildman–Crippen MR) is 184 cm³/mol. The number of benzene rings is 7. The first-order chi connectivity index (χ1) is 22.3. The molecular weight excluding hydrogens is 552 g/mol. The molecule has 0 spiro atoms. The lowest BCUT2D eigenvalue weighted by Crippen LogP contribution is -1.93. The van der Waals surface area contributed by atoms with Gasteiger partial charge in [-0.3, -0.25) is 0 Å². The molecule has 4 heteroatoms. The molecule has 3 aromatic heterocycles. The SMILES string of the molecule is c1ccc(-c2cc3oc4ccccc4c3c3oc(-c4ccc(-n5c6ccccc6c6cc7ccccc7cc65)cc4)nc23)cc1. The molecule has 0 aliphatic carbocycles. The number of aromatic nitrogens is 2. The summed E-state index contributed by atoms with van der Waals surface area (Å²) < 4.78 is 15.3. The second-order valence-corrected chi connectivity index (χ2v) is 11.6. The van der Waals surface area contributed by atoms with E-state index >= 15 is 0 Å². The first-order valence-electron chi connectivity index (χ1n) is 15.1. The molecule has 0 fully saturated rings. The Labute approximate surface area is 257 Å². The van der Waals surface area contributed by atoms with Crippen LogP contribution in [0.25, 0.3) is 93.9 Å². The molecule has 0 saturated carbocycles. The minimum absolute atomic E-state index is 0.583. The van der Waals surface area contributed by atoms with Crippen molar-refractivity contribution in [3.63, 3.8) is 0 Å². The van der Waals surface area contributed by atoms with Crippen LogP contribution in [0.3, 0.4) is 0 Å². The van der Waals surface area contributed by atoms with Crippen molar-refractivity contribution in [3.05, 3.63) is 146 Å². The molecule has 0 unspecified atom stereocenters. The van der Waals surface area contributed by atoms with Gasteiger partial charge >= 0.3 is 0 Å². The summed E-state index contributed by atoms with van der Waals surface area (Å²) >= 11 is 0. The van der Waals surface area contributed by atoms with Gasteiger partial charge in [0, 0.05) is 33.0 Å². The largest absolute Gasteiger partial charge is 0.456 e. The van der Waals surface area contributed by atoms with Crippen LogP contribution in [0.5, 0.6) is 0 Å². The van der Waals surface area contributed by atoms with Gasteiger partial charge in [0.2, 0.25) is 5.89 Å². The van der Waals surface area contributed by atoms with E-state index in [2.05, 4.69) is 114 Å². The van der Waals surface area contributed by atoms with Crippen molar-refractivity contribution >= 4 is 65.6 Å². The van der Waals surface area contributed by atoms with E-state index in [0.717, 1.165) is 55.4 Å². The van der Waals surface area contributed by atoms with Gasteiger partial charge in [-0.25, -0.2) is 4.98 Å². The number of para-hydroxylation sites is 2. The molecule has 210 valence electrons. The van der Waals surface area contributed by atoms with Crippen LogP contribution in [0.2, 0.25) is 0 Å². The van der Waals surface area contributed by atoms with E-state index in [9.17, 15) is 0 Å². The monoisotopic (exact) mass is 576 g/mol. The highest BCUT2D eigenvalue weighted by molar-refractivity contribution is 6.19. The van der Waals surface area contributed by atoms with Gasteiger partial charge in [-0.05, 0) is 70.9 Å². The summed E-state index contributed by atoms with van der Waals surface area (Å²) in [5.74, 6) is 0.583. The number of oxazole rings is 1. The molecule has 0 amide bonds. The summed E-state index contributed by atoms with van der Waals surface area (Å²) in [6.07, 6.45) is 0. The Kier molecular flexibility index (Phi) is 4.96. The molecule has 0 N–H and O–H groups in total. The summed E-state index contributed by atoms with van der Waals surface area (Å²) in [6.45, 7) is 0. The molecule has 0 radical (unpaired) electrons. The Morgan fingerprint density at radius 3 is 2.04 bits per heavy atom. The quantitative estimate of drug-likeness (QED) is 0.210. The molecule has 10 rings (SSSR count). The van der Waals surface area contributed by atoms with Crippen LogP contribution in [-0.2, 0) is 0 Å². The van der Waals surface area contributed by atoms with Crippen LogP contribution in [0.15, 0.2) is 154 Å². The van der Waals surface area contributed by atoms with Gasteiger partial charge in [-0.2, -0.15) is 0 Å². The molecule has 45 heavy (non-hydrogen) atoms. The topological polar surface area (TPSA) is 44.1 Å². The van der Waals surface area contributed by atoms with Crippen LogP contribution < -0.4 is 0 Å². The van der Waals surface area contributed by atoms with Crippen molar-refractivity contribution < 1.29 is 8.83 Å². The van der Waals surface area contributed by atoms with E-state index in [0.29, 0.717) is 5.89 Å². The van der Waals surface area contributed by atoms with Gasteiger partial charge in [0.25, 0.3) is 0 Å². The number of fused-ring (bicyclic) bond motifs is 9. The highest BCUT2D eigenvalue weighted by Crippen LogP contribution is 2.42. The molecule has 4 nitrogen and oxygen atoms in total. The molecule has 7 aromatic carbocycles. The van der Waals surface area contributed by atoms with Gasteiger partial charge in [0.15, 0.2) is 5.58 Å². The smallest absolute Gasteiger partial charge is 0.227 e. The van der Waals surface area contributed by atoms with Crippen LogP contribution in [0.1, 0.15) is 0 Å². The Hall–Kier alpha value is -6.13. The van der Waals surface area contributed by atoms with Gasteiger partial charge in [0.05, 0.1) is 16.4 Å². The molecule has 0 saturated heterocycles. The maximum absolute atomic E-state index is 6.64. The zero-order chi connectivity index (χ0) is 29.5. The molecule has 0 aliphatic heterocycles. The third-order valence-electron chi connectivity index (χ3n) is 9.00. The van der Waals surface area contributed by atoms with E-state index in [1.165, 1.54) is 32.6 Å². The van der Waals surface area contributed by atoms with Gasteiger partial charge in [-0.15, -0.1) is 0 Å². The average molecular weight is 577 g/mol. The zero-order valence-corrected chi connectivity index (χ0v) is 24.1. The molecule has 3 heterocycles. The van der Waals surface area contributed by atoms with Crippen molar-refractivity contribution in [2.75, 3.05) is 0 Å². The third-order valence-corrected chi connectivity index (χ3v) is 9.00. The van der Waals surface area contributed by atoms with Crippen molar-refractivity contribution in [3.8, 4) is 28.3 Å². The predicted octanol–water partition coefficient (Wildman–Crippen LogP) is 11.3. The Bertz CT molecular complexity index is 2750. The summed E-state index contributed by atoms with van der Waals surface area (Å²) in [6, 6.07) is 50.8. The lowest BCUT2D eigenvalue weighted by molar-refractivity contribution is 0.622. The second-order valence-electron chi connectivity index (χ2n) is 11.6. The molecule has 0 atom stereocenters. The van der Waals surface area contributed by atoms with Crippen molar-refractivity contribution in [1.29, 1.82) is 0 Å². The maximum atomic E-state index is 6.64. The van der Waals surface area contributed by atoms with Crippen molar-refractivity contribution in [2.45, 2.75) is 0 Å². The fraction of sp³-hybridized carbons (Fsp3) is 0. The van der Waals surface area contributed by atoms with Gasteiger partial charge in [-0.1, -0.05) is 91.0 Å². The first-order valence-corrected chi connectivity index (χ1v) is 15.1. The third kappa shape index (κ3) is 3.57. The van der Waals surface area contributed by atoms with E-state index < -0.39 is 0 Å². The van der Waals surface area contributed by atoms with Gasteiger partial charge in [0.1, 0.15) is 16.7 Å². The Morgan fingerprint density at radius 1 is 0.489 bits per heavy atom. The van der Waals surface area contributed by atoms with Crippen LogP contribution >= 0.6 is 0 Å². The molecule has 0 bridgehead atoms. The number of hydrogen-bond acceptors (Lipinski definition) is 3. The number of furan rings is 1. The van der Waals surface area contributed by atoms with E-state index in [4.69, 9.17) is 13.8 Å². The normalized spacial score (nSPS) is 12.0. The summed E-state index contributed by atoms with van der Waals surface area (Å²) in [7, 11) is 0. The van der Waals surface area contributed by atoms with Crippen molar-refractivity contribution in [1.82, 2.24) is 9.55 Å². The zero-order valence-electron chi connectivity index (χ0n) is 24.1. The standard InChI is InChI=1S/C41H24N2O2/c1-2-10-25(11-3-1)32-24-37-38(31-15-7-9-17-36(31)44-37)40-39(32)42-41(45-40)26-18-20-29(21-19-26)43-34-16-8-6-14-30(34)33-22-27-12-4-5-13-28(27)23-35(33)43/h1-24H. The molecule has 10 aromatic rings. The summed E-state index contributed by atoms with van der Waals surface area (Å²) in [5.41, 5.74) is 9.62. The first kappa shape index (κ1) is 24.3. The van der Waals surface area contributed by atoms with Crippen LogP contribution in [0.4, 0.5) is 0 Å². The Morgan fingerprint density at radius 2 is 1.20 bits per heavy atom. The minimum atomic E-state index is 0.583. The minimum Gasteiger partial charge on any atom is -0.456 e. The van der Waals surface area contributed by atoms with E-state index in [1.54, 1.807) is 0 Å². The second kappa shape index (κ2) is 9.18. The van der Waals surface area contributed by atoms with Crippen LogP contribution in [-0.4, -0.2) is 9.55 Å². The maximum Gasteiger partial charge on any atom is 0.227 e. The number of rotatable bonds is 3. The Balaban J connectivity index is 1.17. The highest BCUT2D eigenvalue weighted by Gasteiger charge is 2.21. The van der Waals surface area contributed by atoms with E-state index in [-0.39, 0.29) is 0 Å². The van der Waals surface area contributed by atoms with E-state index in [1.807, 2.05) is 36.4 Å². The van der Waals surface area contributed by atoms with Crippen LogP contribution in [0, 0.1) is 0 Å². The van der Waals surface area contributed by atoms with Gasteiger partial charge < -0.3 is 13.4 Å². The summed E-state index contributed by atoms with van der Waals surface area (Å²) in [5, 5.41) is 6.93.